The fourth-order valence-corrected chi connectivity index (χ4v) is 2.85. The Kier molecular flexibility index (Phi) is 1.61. The molecule has 0 aromatic carbocycles. The van der Waals surface area contributed by atoms with E-state index in [2.05, 4.69) is 31.5 Å². The largest absolute Gasteiger partial charge is 0.327 e. The molecule has 1 aliphatic carbocycles. The van der Waals surface area contributed by atoms with Crippen LogP contribution in [0.5, 0.6) is 0 Å². The van der Waals surface area contributed by atoms with E-state index in [-0.39, 0.29) is 0 Å². The summed E-state index contributed by atoms with van der Waals surface area (Å²) in [5, 5.41) is 4.45. The Morgan fingerprint density at radius 2 is 2.00 bits per heavy atom. The highest BCUT2D eigenvalue weighted by molar-refractivity contribution is 7.08. The van der Waals surface area contributed by atoms with Crippen LogP contribution in [-0.4, -0.2) is 6.04 Å². The third kappa shape index (κ3) is 0.947. The highest BCUT2D eigenvalue weighted by Gasteiger charge is 2.56. The minimum Gasteiger partial charge on any atom is -0.327 e. The lowest BCUT2D eigenvalue weighted by molar-refractivity contribution is 0.599. The minimum absolute atomic E-state index is 0.325. The average Bonchev–Trinajstić information content (AvgIpc) is 2.39. The van der Waals surface area contributed by atoms with Crippen molar-refractivity contribution in [1.82, 2.24) is 0 Å². The van der Waals surface area contributed by atoms with Gasteiger partial charge in [0.15, 0.2) is 0 Å². The van der Waals surface area contributed by atoms with Crippen LogP contribution >= 0.6 is 11.3 Å². The van der Waals surface area contributed by atoms with Gasteiger partial charge in [-0.2, -0.15) is 11.3 Å². The maximum Gasteiger partial charge on any atom is 0.0172 e. The van der Waals surface area contributed by atoms with E-state index in [0.29, 0.717) is 17.4 Å². The summed E-state index contributed by atoms with van der Waals surface area (Å²) in [6.07, 6.45) is 0. The molecule has 0 amide bonds. The number of rotatable bonds is 1. The average molecular weight is 181 g/mol. The number of thiophene rings is 1. The Morgan fingerprint density at radius 3 is 2.33 bits per heavy atom. The molecule has 0 saturated heterocycles. The van der Waals surface area contributed by atoms with Crippen molar-refractivity contribution in [3.63, 3.8) is 0 Å². The molecule has 1 saturated carbocycles. The first-order chi connectivity index (χ1) is 5.55. The lowest BCUT2D eigenvalue weighted by Gasteiger charge is -2.00. The molecule has 1 aromatic heterocycles. The standard InChI is InChI=1S/C10H15NS/c1-6-4-12-5-7(6)8-9(11)10(8,2)3/h4-5,8-9H,11H2,1-3H3. The molecule has 0 aliphatic heterocycles. The van der Waals surface area contributed by atoms with Gasteiger partial charge in [-0.15, -0.1) is 0 Å². The zero-order valence-corrected chi connectivity index (χ0v) is 8.61. The van der Waals surface area contributed by atoms with Gasteiger partial charge in [-0.05, 0) is 34.2 Å². The number of hydrogen-bond acceptors (Lipinski definition) is 2. The maximum absolute atomic E-state index is 6.01. The molecular formula is C10H15NS. The van der Waals surface area contributed by atoms with Crippen LogP contribution in [0.1, 0.15) is 30.9 Å². The van der Waals surface area contributed by atoms with Gasteiger partial charge in [0.1, 0.15) is 0 Å². The lowest BCUT2D eigenvalue weighted by Crippen LogP contribution is -2.06. The van der Waals surface area contributed by atoms with Crippen molar-refractivity contribution in [2.24, 2.45) is 11.1 Å². The Bertz CT molecular complexity index is 301. The third-order valence-corrected chi connectivity index (χ3v) is 4.02. The number of aryl methyl sites for hydroxylation is 1. The first-order valence-corrected chi connectivity index (χ1v) is 5.27. The molecule has 1 aromatic rings. The molecule has 2 heteroatoms. The molecule has 0 bridgehead atoms. The molecular weight excluding hydrogens is 166 g/mol. The van der Waals surface area contributed by atoms with E-state index in [4.69, 9.17) is 5.73 Å². The zero-order chi connectivity index (χ0) is 8.93. The van der Waals surface area contributed by atoms with Gasteiger partial charge >= 0.3 is 0 Å². The molecule has 2 unspecified atom stereocenters. The molecule has 2 N–H and O–H groups in total. The predicted octanol–water partition coefficient (Wildman–Crippen LogP) is 2.51. The summed E-state index contributed by atoms with van der Waals surface area (Å²) in [6, 6.07) is 0.366. The lowest BCUT2D eigenvalue weighted by atomic mass is 10.0. The van der Waals surface area contributed by atoms with Crippen molar-refractivity contribution in [1.29, 1.82) is 0 Å². The maximum atomic E-state index is 6.01. The fourth-order valence-electron chi connectivity index (χ4n) is 1.96. The summed E-state index contributed by atoms with van der Waals surface area (Å²) in [5.74, 6) is 0.601. The molecule has 0 spiro atoms. The van der Waals surface area contributed by atoms with E-state index in [0.717, 1.165) is 0 Å². The van der Waals surface area contributed by atoms with E-state index < -0.39 is 0 Å². The third-order valence-electron chi connectivity index (χ3n) is 3.14. The molecule has 66 valence electrons. The van der Waals surface area contributed by atoms with E-state index in [1.54, 1.807) is 11.3 Å². The topological polar surface area (TPSA) is 26.0 Å². The van der Waals surface area contributed by atoms with Crippen molar-refractivity contribution in [2.75, 3.05) is 0 Å². The second-order valence-electron chi connectivity index (χ2n) is 4.33. The fraction of sp³-hybridized carbons (Fsp3) is 0.600. The normalized spacial score (nSPS) is 32.0. The molecule has 2 rings (SSSR count). The summed E-state index contributed by atoms with van der Waals surface area (Å²) >= 11 is 1.78. The SMILES string of the molecule is Cc1cscc1C1C(N)C1(C)C. The van der Waals surface area contributed by atoms with Crippen molar-refractivity contribution < 1.29 is 0 Å². The van der Waals surface area contributed by atoms with Gasteiger partial charge < -0.3 is 5.73 Å². The van der Waals surface area contributed by atoms with Crippen LogP contribution < -0.4 is 5.73 Å². The second kappa shape index (κ2) is 2.33. The predicted molar refractivity (Wildman–Crippen MR) is 53.6 cm³/mol. The first-order valence-electron chi connectivity index (χ1n) is 4.33. The summed E-state index contributed by atoms with van der Waals surface area (Å²) in [7, 11) is 0. The summed E-state index contributed by atoms with van der Waals surface area (Å²) in [6.45, 7) is 6.67. The molecule has 1 aliphatic rings. The molecule has 2 atom stereocenters. The van der Waals surface area contributed by atoms with E-state index in [1.165, 1.54) is 11.1 Å². The van der Waals surface area contributed by atoms with Gasteiger partial charge in [0.05, 0.1) is 0 Å². The van der Waals surface area contributed by atoms with E-state index in [1.807, 2.05) is 0 Å². The first kappa shape index (κ1) is 8.27. The smallest absolute Gasteiger partial charge is 0.0172 e. The van der Waals surface area contributed by atoms with Gasteiger partial charge in [0.2, 0.25) is 0 Å². The van der Waals surface area contributed by atoms with Crippen LogP contribution in [0.4, 0.5) is 0 Å². The van der Waals surface area contributed by atoms with Crippen molar-refractivity contribution in [3.05, 3.63) is 21.9 Å². The molecule has 12 heavy (non-hydrogen) atoms. The van der Waals surface area contributed by atoms with Gasteiger partial charge in [0.25, 0.3) is 0 Å². The second-order valence-corrected chi connectivity index (χ2v) is 5.08. The Morgan fingerprint density at radius 1 is 1.42 bits per heavy atom. The van der Waals surface area contributed by atoms with Gasteiger partial charge in [-0.1, -0.05) is 13.8 Å². The van der Waals surface area contributed by atoms with Crippen molar-refractivity contribution in [2.45, 2.75) is 32.7 Å². The quantitative estimate of drug-likeness (QED) is 0.708. The van der Waals surface area contributed by atoms with Gasteiger partial charge in [0, 0.05) is 12.0 Å². The number of nitrogens with two attached hydrogens (primary N) is 1. The molecule has 0 radical (unpaired) electrons. The summed E-state index contributed by atoms with van der Waals surface area (Å²) < 4.78 is 0. The van der Waals surface area contributed by atoms with Crippen LogP contribution in [0.2, 0.25) is 0 Å². The van der Waals surface area contributed by atoms with Crippen LogP contribution in [0.3, 0.4) is 0 Å². The molecule has 1 fully saturated rings. The van der Waals surface area contributed by atoms with Gasteiger partial charge in [-0.3, -0.25) is 0 Å². The molecule has 1 nitrogen and oxygen atoms in total. The van der Waals surface area contributed by atoms with Gasteiger partial charge in [-0.25, -0.2) is 0 Å². The Labute approximate surface area is 77.6 Å². The van der Waals surface area contributed by atoms with Crippen LogP contribution in [-0.2, 0) is 0 Å². The monoisotopic (exact) mass is 181 g/mol. The van der Waals surface area contributed by atoms with Crippen molar-refractivity contribution in [3.8, 4) is 0 Å². The highest BCUT2D eigenvalue weighted by Crippen LogP contribution is 2.58. The zero-order valence-electron chi connectivity index (χ0n) is 7.79. The Balaban J connectivity index is 2.30. The summed E-state index contributed by atoms with van der Waals surface area (Å²) in [4.78, 5) is 0. The van der Waals surface area contributed by atoms with Crippen LogP contribution in [0.15, 0.2) is 10.8 Å². The Hall–Kier alpha value is -0.340. The van der Waals surface area contributed by atoms with E-state index in [9.17, 15) is 0 Å². The van der Waals surface area contributed by atoms with Crippen molar-refractivity contribution >= 4 is 11.3 Å². The number of hydrogen-bond donors (Lipinski definition) is 1. The van der Waals surface area contributed by atoms with Crippen LogP contribution in [0.25, 0.3) is 0 Å². The minimum atomic E-state index is 0.325. The van der Waals surface area contributed by atoms with Crippen LogP contribution in [0, 0.1) is 12.3 Å². The summed E-state index contributed by atoms with van der Waals surface area (Å²) in [5.41, 5.74) is 9.21. The van der Waals surface area contributed by atoms with E-state index >= 15 is 0 Å². The molecule has 1 heterocycles. The highest BCUT2D eigenvalue weighted by atomic mass is 32.1.